The van der Waals surface area contributed by atoms with Gasteiger partial charge in [-0.05, 0) is 6.42 Å². The molecule has 0 spiro atoms. The number of unbranched alkanes of at least 4 members (excludes halogenated alkanes) is 1. The molecule has 11 heteroatoms. The third-order valence-corrected chi connectivity index (χ3v) is 4.91. The lowest BCUT2D eigenvalue weighted by Gasteiger charge is -2.04. The molecule has 0 N–H and O–H groups in total. The Morgan fingerprint density at radius 1 is 1.41 bits per heavy atom. The van der Waals surface area contributed by atoms with E-state index in [1.54, 1.807) is 0 Å². The topological polar surface area (TPSA) is 111 Å². The standard InChI is InChI=1S/C11H18N4O5S2/c1-5-6-7-20-11(17)15-9(12-8(16)14(2)3)21-10(13-15)22(4,18)19/h5-7H2,1-4H3. The Morgan fingerprint density at radius 3 is 2.55 bits per heavy atom. The molecule has 0 unspecified atom stereocenters. The monoisotopic (exact) mass is 350 g/mol. The van der Waals surface area contributed by atoms with Crippen molar-refractivity contribution in [1.82, 2.24) is 14.7 Å². The van der Waals surface area contributed by atoms with E-state index in [1.165, 1.54) is 19.0 Å². The first-order valence-corrected chi connectivity index (χ1v) is 9.11. The van der Waals surface area contributed by atoms with Crippen LogP contribution in [0.3, 0.4) is 0 Å². The first-order valence-electron chi connectivity index (χ1n) is 6.40. The van der Waals surface area contributed by atoms with Crippen molar-refractivity contribution in [2.75, 3.05) is 27.0 Å². The third kappa shape index (κ3) is 4.91. The summed E-state index contributed by atoms with van der Waals surface area (Å²) < 4.78 is 28.4. The first-order chi connectivity index (χ1) is 10.2. The lowest BCUT2D eigenvalue weighted by molar-refractivity contribution is 0.141. The molecule has 124 valence electrons. The number of carbonyl (C=O) groups excluding carboxylic acids is 2. The van der Waals surface area contributed by atoms with Gasteiger partial charge < -0.3 is 9.64 Å². The summed E-state index contributed by atoms with van der Waals surface area (Å²) in [5.41, 5.74) is 0. The van der Waals surface area contributed by atoms with Crippen LogP contribution in [0.2, 0.25) is 0 Å². The average molecular weight is 350 g/mol. The minimum Gasteiger partial charge on any atom is -0.448 e. The number of sulfone groups is 1. The predicted octanol–water partition coefficient (Wildman–Crippen LogP) is 0.715. The normalized spacial score (nSPS) is 12.3. The largest absolute Gasteiger partial charge is 0.448 e. The van der Waals surface area contributed by atoms with E-state index in [4.69, 9.17) is 4.74 Å². The summed E-state index contributed by atoms with van der Waals surface area (Å²) in [6.45, 7) is 2.11. The zero-order valence-corrected chi connectivity index (χ0v) is 14.4. The van der Waals surface area contributed by atoms with E-state index in [9.17, 15) is 18.0 Å². The van der Waals surface area contributed by atoms with Crippen LogP contribution in [0.4, 0.5) is 9.59 Å². The van der Waals surface area contributed by atoms with Crippen LogP contribution < -0.4 is 4.80 Å². The Bertz CT molecular complexity index is 717. The van der Waals surface area contributed by atoms with Gasteiger partial charge in [0.1, 0.15) is 0 Å². The highest BCUT2D eigenvalue weighted by Crippen LogP contribution is 2.08. The van der Waals surface area contributed by atoms with Crippen LogP contribution >= 0.6 is 11.3 Å². The van der Waals surface area contributed by atoms with Crippen LogP contribution in [0.15, 0.2) is 9.33 Å². The maximum Gasteiger partial charge on any atom is 0.437 e. The summed E-state index contributed by atoms with van der Waals surface area (Å²) in [5, 5.41) is 3.68. The molecule has 0 aromatic carbocycles. The highest BCUT2D eigenvalue weighted by Gasteiger charge is 2.20. The fourth-order valence-electron chi connectivity index (χ4n) is 1.15. The maximum atomic E-state index is 11.9. The van der Waals surface area contributed by atoms with Gasteiger partial charge in [0, 0.05) is 20.4 Å². The molecule has 0 saturated carbocycles. The van der Waals surface area contributed by atoms with Crippen LogP contribution in [0, 0.1) is 0 Å². The molecule has 1 aromatic rings. The summed E-state index contributed by atoms with van der Waals surface area (Å²) in [7, 11) is -0.665. The van der Waals surface area contributed by atoms with E-state index in [0.717, 1.165) is 12.7 Å². The second-order valence-corrected chi connectivity index (χ2v) is 7.74. The SMILES string of the molecule is CCCCOC(=O)n1nc(S(C)(=O)=O)sc1=NC(=O)N(C)C. The fourth-order valence-corrected chi connectivity index (χ4v) is 2.82. The third-order valence-electron chi connectivity index (χ3n) is 2.33. The van der Waals surface area contributed by atoms with E-state index in [1.807, 2.05) is 6.92 Å². The van der Waals surface area contributed by atoms with Gasteiger partial charge in [-0.3, -0.25) is 0 Å². The zero-order valence-electron chi connectivity index (χ0n) is 12.8. The number of carbonyl (C=O) groups is 2. The van der Waals surface area contributed by atoms with Crippen LogP contribution in [-0.2, 0) is 14.6 Å². The van der Waals surface area contributed by atoms with Gasteiger partial charge in [0.05, 0.1) is 6.61 Å². The van der Waals surface area contributed by atoms with Gasteiger partial charge in [0.15, 0.2) is 0 Å². The van der Waals surface area contributed by atoms with Gasteiger partial charge in [-0.25, -0.2) is 18.0 Å². The van der Waals surface area contributed by atoms with Crippen molar-refractivity contribution in [2.24, 2.45) is 4.99 Å². The summed E-state index contributed by atoms with van der Waals surface area (Å²) in [5.74, 6) is 0. The van der Waals surface area contributed by atoms with Crippen molar-refractivity contribution >= 4 is 33.3 Å². The van der Waals surface area contributed by atoms with Crippen molar-refractivity contribution in [1.29, 1.82) is 0 Å². The van der Waals surface area contributed by atoms with E-state index in [-0.39, 0.29) is 15.7 Å². The van der Waals surface area contributed by atoms with Crippen LogP contribution in [0.1, 0.15) is 19.8 Å². The van der Waals surface area contributed by atoms with Gasteiger partial charge in [0.25, 0.3) is 0 Å². The zero-order chi connectivity index (χ0) is 16.9. The van der Waals surface area contributed by atoms with Gasteiger partial charge in [-0.1, -0.05) is 24.7 Å². The van der Waals surface area contributed by atoms with E-state index in [0.29, 0.717) is 22.4 Å². The quantitative estimate of drug-likeness (QED) is 0.740. The number of urea groups is 1. The van der Waals surface area contributed by atoms with Crippen molar-refractivity contribution in [3.05, 3.63) is 4.80 Å². The summed E-state index contributed by atoms with van der Waals surface area (Å²) in [6.07, 6.45) is 1.58. The Hall–Kier alpha value is -1.75. The van der Waals surface area contributed by atoms with Crippen molar-refractivity contribution in [3.63, 3.8) is 0 Å². The maximum absolute atomic E-state index is 11.9. The molecule has 22 heavy (non-hydrogen) atoms. The molecule has 0 bridgehead atoms. The number of rotatable bonds is 4. The number of hydrogen-bond acceptors (Lipinski definition) is 7. The second kappa shape index (κ2) is 7.49. The highest BCUT2D eigenvalue weighted by molar-refractivity contribution is 7.92. The predicted molar refractivity (Wildman–Crippen MR) is 79.5 cm³/mol. The molecule has 2 amide bonds. The number of ether oxygens (including phenoxy) is 1. The molecule has 0 radical (unpaired) electrons. The molecule has 0 aliphatic rings. The molecular formula is C11H18N4O5S2. The van der Waals surface area contributed by atoms with E-state index < -0.39 is 22.0 Å². The lowest BCUT2D eigenvalue weighted by atomic mass is 10.4. The van der Waals surface area contributed by atoms with Gasteiger partial charge in [-0.2, -0.15) is 4.99 Å². The summed E-state index contributed by atoms with van der Waals surface area (Å²) in [4.78, 5) is 28.3. The minimum atomic E-state index is -3.63. The highest BCUT2D eigenvalue weighted by atomic mass is 32.2. The Balaban J connectivity index is 3.26. The smallest absolute Gasteiger partial charge is 0.437 e. The molecule has 1 heterocycles. The fraction of sp³-hybridized carbons (Fsp3) is 0.636. The number of nitrogens with zero attached hydrogens (tertiary/aromatic N) is 4. The first kappa shape index (κ1) is 18.3. The van der Waals surface area contributed by atoms with Crippen LogP contribution in [-0.4, -0.2) is 62.2 Å². The molecule has 0 atom stereocenters. The molecule has 1 aromatic heterocycles. The molecule has 0 saturated heterocycles. The summed E-state index contributed by atoms with van der Waals surface area (Å²) in [6, 6.07) is -0.640. The van der Waals surface area contributed by atoms with E-state index in [2.05, 4.69) is 10.1 Å². The second-order valence-electron chi connectivity index (χ2n) is 4.59. The van der Waals surface area contributed by atoms with Crippen molar-refractivity contribution < 1.29 is 22.7 Å². The Morgan fingerprint density at radius 2 is 2.05 bits per heavy atom. The Labute approximate surface area is 132 Å². The molecular weight excluding hydrogens is 332 g/mol. The minimum absolute atomic E-state index is 0.152. The van der Waals surface area contributed by atoms with Gasteiger partial charge in [0.2, 0.25) is 19.0 Å². The molecule has 0 fully saturated rings. The number of amides is 2. The number of aromatic nitrogens is 2. The lowest BCUT2D eigenvalue weighted by Crippen LogP contribution is -2.29. The molecule has 9 nitrogen and oxygen atoms in total. The van der Waals surface area contributed by atoms with Crippen molar-refractivity contribution in [3.8, 4) is 0 Å². The molecule has 1 rings (SSSR count). The summed E-state index contributed by atoms with van der Waals surface area (Å²) >= 11 is 0.629. The van der Waals surface area contributed by atoms with Crippen LogP contribution in [0.25, 0.3) is 0 Å². The van der Waals surface area contributed by atoms with E-state index >= 15 is 0 Å². The average Bonchev–Trinajstić information content (AvgIpc) is 2.82. The van der Waals surface area contributed by atoms with Crippen molar-refractivity contribution in [2.45, 2.75) is 24.1 Å². The molecule has 0 aliphatic heterocycles. The van der Waals surface area contributed by atoms with Crippen LogP contribution in [0.5, 0.6) is 0 Å². The van der Waals surface area contributed by atoms with Gasteiger partial charge in [-0.15, -0.1) is 9.78 Å². The Kier molecular flexibility index (Phi) is 6.23. The molecule has 0 aliphatic carbocycles. The van der Waals surface area contributed by atoms with Gasteiger partial charge >= 0.3 is 12.1 Å². The number of hydrogen-bond donors (Lipinski definition) is 0.